The fraction of sp³-hybridized carbons (Fsp3) is 0.200. The van der Waals surface area contributed by atoms with Gasteiger partial charge in [0.05, 0.1) is 11.6 Å². The summed E-state index contributed by atoms with van der Waals surface area (Å²) in [5.74, 6) is -1.32. The Morgan fingerprint density at radius 1 is 1.11 bits per heavy atom. The van der Waals surface area contributed by atoms with Gasteiger partial charge in [0, 0.05) is 12.1 Å². The molecule has 0 saturated heterocycles. The van der Waals surface area contributed by atoms with Gasteiger partial charge in [0.25, 0.3) is 5.91 Å². The number of primary amides is 1. The summed E-state index contributed by atoms with van der Waals surface area (Å²) in [5, 5.41) is 13.7. The van der Waals surface area contributed by atoms with Gasteiger partial charge in [0.15, 0.2) is 6.10 Å². The second-order valence-corrected chi connectivity index (χ2v) is 6.01. The van der Waals surface area contributed by atoms with Gasteiger partial charge in [-0.25, -0.2) is 9.59 Å². The normalized spacial score (nSPS) is 12.1. The van der Waals surface area contributed by atoms with Crippen LogP contribution in [0.3, 0.4) is 0 Å². The van der Waals surface area contributed by atoms with Crippen LogP contribution >= 0.6 is 0 Å². The van der Waals surface area contributed by atoms with E-state index in [-0.39, 0.29) is 6.42 Å². The molecule has 0 bridgehead atoms. The average Bonchev–Trinajstić information content (AvgIpc) is 2.68. The second kappa shape index (κ2) is 9.73. The molecule has 144 valence electrons. The predicted molar refractivity (Wildman–Crippen MR) is 102 cm³/mol. The summed E-state index contributed by atoms with van der Waals surface area (Å²) in [6.45, 7) is 1.42. The van der Waals surface area contributed by atoms with Crippen LogP contribution in [0.25, 0.3) is 0 Å². The molecule has 0 spiro atoms. The van der Waals surface area contributed by atoms with Crippen molar-refractivity contribution in [1.82, 2.24) is 5.32 Å². The fourth-order valence-electron chi connectivity index (χ4n) is 2.40. The lowest BCUT2D eigenvalue weighted by atomic mass is 10.1. The zero-order chi connectivity index (χ0) is 20.5. The van der Waals surface area contributed by atoms with E-state index in [0.29, 0.717) is 11.3 Å². The number of nitriles is 1. The van der Waals surface area contributed by atoms with Gasteiger partial charge in [-0.2, -0.15) is 5.26 Å². The molecule has 8 heteroatoms. The zero-order valence-electron chi connectivity index (χ0n) is 15.2. The third-order valence-electron chi connectivity index (χ3n) is 3.83. The van der Waals surface area contributed by atoms with Crippen LogP contribution in [0, 0.1) is 11.3 Å². The molecule has 2 atom stereocenters. The van der Waals surface area contributed by atoms with E-state index in [1.807, 2.05) is 12.1 Å². The lowest BCUT2D eigenvalue weighted by molar-refractivity contribution is -0.155. The molecule has 0 aliphatic carbocycles. The third kappa shape index (κ3) is 6.14. The Bertz CT molecular complexity index is 875. The summed E-state index contributed by atoms with van der Waals surface area (Å²) in [4.78, 5) is 35.9. The van der Waals surface area contributed by atoms with E-state index in [4.69, 9.17) is 15.7 Å². The van der Waals surface area contributed by atoms with E-state index in [0.717, 1.165) is 5.56 Å². The average molecular weight is 380 g/mol. The minimum atomic E-state index is -1.10. The molecule has 2 rings (SSSR count). The largest absolute Gasteiger partial charge is 0.451 e. The predicted octanol–water partition coefficient (Wildman–Crippen LogP) is 1.71. The number of nitrogens with one attached hydrogen (secondary N) is 2. The van der Waals surface area contributed by atoms with Crippen molar-refractivity contribution in [2.24, 2.45) is 5.73 Å². The SMILES string of the molecule is C[C@H](OC(=O)[C@H](Cc1ccccc1)NC(N)=O)C(=O)Nc1ccc(C#N)cc1. The Kier molecular flexibility index (Phi) is 7.11. The van der Waals surface area contributed by atoms with E-state index in [2.05, 4.69) is 10.6 Å². The Balaban J connectivity index is 1.98. The van der Waals surface area contributed by atoms with Crippen molar-refractivity contribution in [3.8, 4) is 6.07 Å². The molecule has 0 unspecified atom stereocenters. The second-order valence-electron chi connectivity index (χ2n) is 6.01. The van der Waals surface area contributed by atoms with Gasteiger partial charge >= 0.3 is 12.0 Å². The lowest BCUT2D eigenvalue weighted by Gasteiger charge is -2.19. The first-order valence-electron chi connectivity index (χ1n) is 8.50. The molecule has 0 heterocycles. The van der Waals surface area contributed by atoms with Crippen molar-refractivity contribution in [3.05, 3.63) is 65.7 Å². The molecular weight excluding hydrogens is 360 g/mol. The highest BCUT2D eigenvalue weighted by atomic mass is 16.5. The van der Waals surface area contributed by atoms with Gasteiger partial charge in [-0.05, 0) is 36.8 Å². The summed E-state index contributed by atoms with van der Waals surface area (Å²) < 4.78 is 5.19. The van der Waals surface area contributed by atoms with Gasteiger partial charge in [-0.15, -0.1) is 0 Å². The van der Waals surface area contributed by atoms with Crippen molar-refractivity contribution in [2.75, 3.05) is 5.32 Å². The van der Waals surface area contributed by atoms with E-state index < -0.39 is 30.1 Å². The summed E-state index contributed by atoms with van der Waals surface area (Å²) >= 11 is 0. The van der Waals surface area contributed by atoms with E-state index in [9.17, 15) is 14.4 Å². The molecule has 8 nitrogen and oxygen atoms in total. The fourth-order valence-corrected chi connectivity index (χ4v) is 2.40. The number of carbonyl (C=O) groups excluding carboxylic acids is 3. The molecule has 0 radical (unpaired) electrons. The monoisotopic (exact) mass is 380 g/mol. The molecule has 2 aromatic carbocycles. The molecule has 2 aromatic rings. The Labute approximate surface area is 162 Å². The number of urea groups is 1. The Morgan fingerprint density at radius 3 is 2.32 bits per heavy atom. The minimum Gasteiger partial charge on any atom is -0.451 e. The smallest absolute Gasteiger partial charge is 0.329 e. The number of esters is 1. The summed E-state index contributed by atoms with van der Waals surface area (Å²) in [5.41, 5.74) is 6.86. The molecule has 0 aliphatic rings. The molecule has 3 amide bonds. The number of nitrogens with zero attached hydrogens (tertiary/aromatic N) is 1. The van der Waals surface area contributed by atoms with Crippen molar-refractivity contribution in [2.45, 2.75) is 25.5 Å². The van der Waals surface area contributed by atoms with Crippen LogP contribution in [0.2, 0.25) is 0 Å². The van der Waals surface area contributed by atoms with Crippen LogP contribution in [0.4, 0.5) is 10.5 Å². The maximum atomic E-state index is 12.4. The first kappa shape index (κ1) is 20.5. The molecule has 0 aliphatic heterocycles. The Morgan fingerprint density at radius 2 is 1.75 bits per heavy atom. The number of carbonyl (C=O) groups is 3. The molecule has 0 aromatic heterocycles. The lowest BCUT2D eigenvalue weighted by Crippen LogP contribution is -2.47. The van der Waals surface area contributed by atoms with Crippen molar-refractivity contribution in [1.29, 1.82) is 5.26 Å². The topological polar surface area (TPSA) is 134 Å². The number of nitrogens with two attached hydrogens (primary N) is 1. The summed E-state index contributed by atoms with van der Waals surface area (Å²) in [6.07, 6.45) is -0.928. The van der Waals surface area contributed by atoms with E-state index in [1.165, 1.54) is 6.92 Å². The van der Waals surface area contributed by atoms with Crippen LogP contribution in [0.5, 0.6) is 0 Å². The molecule has 0 saturated carbocycles. The van der Waals surface area contributed by atoms with Gasteiger partial charge in [-0.3, -0.25) is 4.79 Å². The van der Waals surface area contributed by atoms with Gasteiger partial charge in [0.1, 0.15) is 6.04 Å². The highest BCUT2D eigenvalue weighted by molar-refractivity contribution is 5.95. The minimum absolute atomic E-state index is 0.173. The molecule has 4 N–H and O–H groups in total. The quantitative estimate of drug-likeness (QED) is 0.629. The van der Waals surface area contributed by atoms with Gasteiger partial charge in [-0.1, -0.05) is 30.3 Å². The summed E-state index contributed by atoms with van der Waals surface area (Å²) in [6, 6.07) is 15.4. The van der Waals surface area contributed by atoms with Crippen LogP contribution in [0.15, 0.2) is 54.6 Å². The maximum absolute atomic E-state index is 12.4. The first-order chi connectivity index (χ1) is 13.4. The summed E-state index contributed by atoms with van der Waals surface area (Å²) in [7, 11) is 0. The standard InChI is InChI=1S/C20H20N4O4/c1-13(18(25)23-16-9-7-15(12-21)8-10-16)28-19(26)17(24-20(22)27)11-14-5-3-2-4-6-14/h2-10,13,17H,11H2,1H3,(H,23,25)(H3,22,24,27)/t13-,17-/m0/s1. The molecular formula is C20H20N4O4. The first-order valence-corrected chi connectivity index (χ1v) is 8.50. The molecule has 0 fully saturated rings. The highest BCUT2D eigenvalue weighted by Crippen LogP contribution is 2.11. The third-order valence-corrected chi connectivity index (χ3v) is 3.83. The van der Waals surface area contributed by atoms with Crippen LogP contribution in [-0.2, 0) is 20.7 Å². The number of hydrogen-bond donors (Lipinski definition) is 3. The van der Waals surface area contributed by atoms with Crippen molar-refractivity contribution < 1.29 is 19.1 Å². The number of benzene rings is 2. The van der Waals surface area contributed by atoms with Gasteiger partial charge in [0.2, 0.25) is 0 Å². The number of ether oxygens (including phenoxy) is 1. The van der Waals surface area contributed by atoms with Crippen molar-refractivity contribution >= 4 is 23.6 Å². The zero-order valence-corrected chi connectivity index (χ0v) is 15.2. The number of rotatable bonds is 7. The van der Waals surface area contributed by atoms with Crippen LogP contribution in [-0.4, -0.2) is 30.1 Å². The maximum Gasteiger partial charge on any atom is 0.329 e. The van der Waals surface area contributed by atoms with E-state index in [1.54, 1.807) is 48.5 Å². The van der Waals surface area contributed by atoms with E-state index >= 15 is 0 Å². The van der Waals surface area contributed by atoms with Crippen LogP contribution < -0.4 is 16.4 Å². The van der Waals surface area contributed by atoms with Crippen molar-refractivity contribution in [3.63, 3.8) is 0 Å². The number of hydrogen-bond acceptors (Lipinski definition) is 5. The highest BCUT2D eigenvalue weighted by Gasteiger charge is 2.26. The number of amides is 3. The molecule has 28 heavy (non-hydrogen) atoms. The number of anilines is 1. The van der Waals surface area contributed by atoms with Gasteiger partial charge < -0.3 is 21.1 Å². The van der Waals surface area contributed by atoms with Crippen LogP contribution in [0.1, 0.15) is 18.1 Å². The Hall–Kier alpha value is -3.86.